The van der Waals surface area contributed by atoms with Gasteiger partial charge < -0.3 is 10.4 Å². The molecule has 0 amide bonds. The summed E-state index contributed by atoms with van der Waals surface area (Å²) < 4.78 is 0. The van der Waals surface area contributed by atoms with Gasteiger partial charge in [-0.25, -0.2) is 0 Å². The second-order valence-corrected chi connectivity index (χ2v) is 5.46. The Labute approximate surface area is 116 Å². The molecule has 102 valence electrons. The minimum absolute atomic E-state index is 0. The van der Waals surface area contributed by atoms with Crippen molar-refractivity contribution in [2.24, 2.45) is 11.8 Å². The van der Waals surface area contributed by atoms with Crippen molar-refractivity contribution in [1.29, 1.82) is 0 Å². The summed E-state index contributed by atoms with van der Waals surface area (Å²) in [5.74, 6) is 1.55. The van der Waals surface area contributed by atoms with Gasteiger partial charge in [0.2, 0.25) is 0 Å². The van der Waals surface area contributed by atoms with Crippen LogP contribution in [0.1, 0.15) is 25.7 Å². The summed E-state index contributed by atoms with van der Waals surface area (Å²) >= 11 is 0. The third-order valence-corrected chi connectivity index (χ3v) is 4.71. The first-order valence-electron chi connectivity index (χ1n) is 6.47. The molecule has 3 aliphatic rings. The quantitative estimate of drug-likeness (QED) is 0.761. The molecule has 3 saturated heterocycles. The lowest BCUT2D eigenvalue weighted by Gasteiger charge is -2.54. The minimum atomic E-state index is 0. The van der Waals surface area contributed by atoms with E-state index in [9.17, 15) is 5.11 Å². The topological polar surface area (TPSA) is 35.5 Å². The molecule has 3 nitrogen and oxygen atoms in total. The van der Waals surface area contributed by atoms with Crippen LogP contribution in [0.3, 0.4) is 0 Å². The summed E-state index contributed by atoms with van der Waals surface area (Å²) in [6.45, 7) is 3.90. The first kappa shape index (κ1) is 15.5. The van der Waals surface area contributed by atoms with Crippen molar-refractivity contribution in [1.82, 2.24) is 10.2 Å². The number of nitrogens with one attached hydrogen (secondary N) is 1. The fourth-order valence-corrected chi connectivity index (χ4v) is 4.02. The first-order chi connectivity index (χ1) is 7.40. The third kappa shape index (κ3) is 2.74. The minimum Gasteiger partial charge on any atom is -0.395 e. The van der Waals surface area contributed by atoms with Crippen LogP contribution in [0, 0.1) is 11.8 Å². The lowest BCUT2D eigenvalue weighted by atomic mass is 9.73. The summed E-state index contributed by atoms with van der Waals surface area (Å²) in [6, 6.07) is 1.21. The Balaban J connectivity index is 0.000000722. The standard InChI is InChI=1S/C12H22N2O.2ClH/c15-8-12-10-5-9(6-13-7-10)11-3-1-2-4-14(11)12;;/h9-13,15H,1-8H2;2*1H/t9-,10+,11+,12+;;/m1../s1. The number of hydrogen-bond acceptors (Lipinski definition) is 3. The Kier molecular flexibility index (Phi) is 6.00. The lowest BCUT2D eigenvalue weighted by Crippen LogP contribution is -2.63. The van der Waals surface area contributed by atoms with Crippen LogP contribution in [0.25, 0.3) is 0 Å². The van der Waals surface area contributed by atoms with Crippen molar-refractivity contribution >= 4 is 24.8 Å². The van der Waals surface area contributed by atoms with E-state index in [0.29, 0.717) is 18.6 Å². The summed E-state index contributed by atoms with van der Waals surface area (Å²) in [5.41, 5.74) is 0. The fourth-order valence-electron chi connectivity index (χ4n) is 4.02. The summed E-state index contributed by atoms with van der Waals surface area (Å²) in [7, 11) is 0. The molecule has 3 fully saturated rings. The van der Waals surface area contributed by atoms with Gasteiger partial charge in [0.25, 0.3) is 0 Å². The molecule has 0 aromatic carbocycles. The molecule has 0 unspecified atom stereocenters. The Bertz CT molecular complexity index is 231. The molecule has 0 radical (unpaired) electrons. The first-order valence-corrected chi connectivity index (χ1v) is 6.47. The second-order valence-electron chi connectivity index (χ2n) is 5.46. The average molecular weight is 283 g/mol. The van der Waals surface area contributed by atoms with Gasteiger partial charge in [-0.15, -0.1) is 24.8 Å². The maximum Gasteiger partial charge on any atom is 0.0590 e. The maximum atomic E-state index is 9.57. The van der Waals surface area contributed by atoms with E-state index in [1.165, 1.54) is 38.8 Å². The number of fused-ring (bicyclic) bond motifs is 4. The Morgan fingerprint density at radius 2 is 1.88 bits per heavy atom. The van der Waals surface area contributed by atoms with Crippen molar-refractivity contribution in [3.8, 4) is 0 Å². The summed E-state index contributed by atoms with van der Waals surface area (Å²) in [6.07, 6.45) is 5.43. The zero-order chi connectivity index (χ0) is 10.3. The van der Waals surface area contributed by atoms with Crippen LogP contribution in [0.5, 0.6) is 0 Å². The van der Waals surface area contributed by atoms with Gasteiger partial charge in [-0.2, -0.15) is 0 Å². The molecule has 0 spiro atoms. The fraction of sp³-hybridized carbons (Fsp3) is 1.00. The molecule has 3 rings (SSSR count). The monoisotopic (exact) mass is 282 g/mol. The highest BCUT2D eigenvalue weighted by molar-refractivity contribution is 5.85. The molecule has 0 aliphatic carbocycles. The SMILES string of the molecule is Cl.Cl.OC[C@H]1[C@@H]2CNC[C@@H](C2)[C@@H]2CCCCN12. The van der Waals surface area contributed by atoms with Gasteiger partial charge in [-0.05, 0) is 50.7 Å². The number of aliphatic hydroxyl groups is 1. The van der Waals surface area contributed by atoms with E-state index in [1.807, 2.05) is 0 Å². The van der Waals surface area contributed by atoms with E-state index in [2.05, 4.69) is 10.2 Å². The highest BCUT2D eigenvalue weighted by atomic mass is 35.5. The van der Waals surface area contributed by atoms with Crippen molar-refractivity contribution in [3.63, 3.8) is 0 Å². The molecule has 4 atom stereocenters. The van der Waals surface area contributed by atoms with Gasteiger partial charge in [0.15, 0.2) is 0 Å². The van der Waals surface area contributed by atoms with Crippen LogP contribution in [-0.4, -0.2) is 48.3 Å². The normalized spacial score (nSPS) is 40.8. The Hall–Kier alpha value is 0.460. The summed E-state index contributed by atoms with van der Waals surface area (Å²) in [4.78, 5) is 2.63. The molecule has 2 N–H and O–H groups in total. The van der Waals surface area contributed by atoms with Crippen LogP contribution >= 0.6 is 24.8 Å². The zero-order valence-electron chi connectivity index (χ0n) is 10.2. The second kappa shape index (κ2) is 6.58. The van der Waals surface area contributed by atoms with Crippen molar-refractivity contribution < 1.29 is 5.11 Å². The molecular weight excluding hydrogens is 259 g/mol. The van der Waals surface area contributed by atoms with Gasteiger partial charge >= 0.3 is 0 Å². The van der Waals surface area contributed by atoms with Crippen LogP contribution in [0.4, 0.5) is 0 Å². The largest absolute Gasteiger partial charge is 0.395 e. The van der Waals surface area contributed by atoms with Gasteiger partial charge in [-0.1, -0.05) is 6.42 Å². The van der Waals surface area contributed by atoms with Gasteiger partial charge in [0, 0.05) is 12.1 Å². The van der Waals surface area contributed by atoms with Crippen molar-refractivity contribution in [2.75, 3.05) is 26.2 Å². The molecule has 5 heteroatoms. The molecule has 2 bridgehead atoms. The lowest BCUT2D eigenvalue weighted by molar-refractivity contribution is -0.0575. The van der Waals surface area contributed by atoms with Crippen LogP contribution in [0.2, 0.25) is 0 Å². The van der Waals surface area contributed by atoms with Gasteiger partial charge in [0.05, 0.1) is 6.61 Å². The number of nitrogens with zero attached hydrogens (tertiary/aromatic N) is 1. The highest BCUT2D eigenvalue weighted by Crippen LogP contribution is 2.38. The number of halogens is 2. The van der Waals surface area contributed by atoms with E-state index >= 15 is 0 Å². The molecule has 17 heavy (non-hydrogen) atoms. The van der Waals surface area contributed by atoms with E-state index in [-0.39, 0.29) is 24.8 Å². The van der Waals surface area contributed by atoms with E-state index in [1.54, 1.807) is 0 Å². The zero-order valence-corrected chi connectivity index (χ0v) is 11.8. The van der Waals surface area contributed by atoms with Gasteiger partial charge in [0.1, 0.15) is 0 Å². The summed E-state index contributed by atoms with van der Waals surface area (Å²) in [5, 5.41) is 13.1. The molecule has 0 aromatic rings. The van der Waals surface area contributed by atoms with E-state index < -0.39 is 0 Å². The van der Waals surface area contributed by atoms with E-state index in [0.717, 1.165) is 18.5 Å². The predicted molar refractivity (Wildman–Crippen MR) is 74.2 cm³/mol. The number of piperidine rings is 3. The number of hydrogen-bond donors (Lipinski definition) is 2. The molecular formula is C12H24Cl2N2O. The van der Waals surface area contributed by atoms with Gasteiger partial charge in [-0.3, -0.25) is 4.90 Å². The smallest absolute Gasteiger partial charge is 0.0590 e. The maximum absolute atomic E-state index is 9.57. The van der Waals surface area contributed by atoms with Crippen molar-refractivity contribution in [2.45, 2.75) is 37.8 Å². The molecule has 0 saturated carbocycles. The average Bonchev–Trinajstić information content (AvgIpc) is 2.30. The van der Waals surface area contributed by atoms with Crippen LogP contribution in [-0.2, 0) is 0 Å². The predicted octanol–water partition coefficient (Wildman–Crippen LogP) is 1.28. The van der Waals surface area contributed by atoms with E-state index in [4.69, 9.17) is 0 Å². The van der Waals surface area contributed by atoms with Crippen LogP contribution in [0.15, 0.2) is 0 Å². The third-order valence-electron chi connectivity index (χ3n) is 4.71. The molecule has 3 aliphatic heterocycles. The number of rotatable bonds is 1. The Morgan fingerprint density at radius 1 is 1.12 bits per heavy atom. The Morgan fingerprint density at radius 3 is 2.65 bits per heavy atom. The number of aliphatic hydroxyl groups excluding tert-OH is 1. The molecule has 3 heterocycles. The van der Waals surface area contributed by atoms with Crippen LogP contribution < -0.4 is 5.32 Å². The van der Waals surface area contributed by atoms with Crippen molar-refractivity contribution in [3.05, 3.63) is 0 Å². The highest BCUT2D eigenvalue weighted by Gasteiger charge is 2.44. The molecule has 0 aromatic heterocycles.